The minimum Gasteiger partial charge on any atom is -0.493 e. The number of aryl methyl sites for hydroxylation is 2. The summed E-state index contributed by atoms with van der Waals surface area (Å²) in [6, 6.07) is 5.72. The Kier molecular flexibility index (Phi) is 4.51. The molecular weight excluding hydrogens is 348 g/mol. The molecule has 0 unspecified atom stereocenters. The summed E-state index contributed by atoms with van der Waals surface area (Å²) in [5.74, 6) is 1.96. The quantitative estimate of drug-likeness (QED) is 0.738. The molecule has 0 amide bonds. The van der Waals surface area contributed by atoms with E-state index >= 15 is 0 Å². The Morgan fingerprint density at radius 2 is 2.15 bits per heavy atom. The molecule has 6 heteroatoms. The van der Waals surface area contributed by atoms with E-state index in [9.17, 15) is 4.79 Å². The molecule has 0 saturated heterocycles. The van der Waals surface area contributed by atoms with Gasteiger partial charge in [-0.2, -0.15) is 0 Å². The largest absolute Gasteiger partial charge is 0.493 e. The van der Waals surface area contributed by atoms with Crippen LogP contribution in [0, 0.1) is 0 Å². The summed E-state index contributed by atoms with van der Waals surface area (Å²) in [7, 11) is 1.62. The van der Waals surface area contributed by atoms with E-state index in [-0.39, 0.29) is 5.56 Å². The molecule has 2 heterocycles. The van der Waals surface area contributed by atoms with Crippen molar-refractivity contribution in [2.24, 2.45) is 0 Å². The monoisotopic (exact) mass is 368 g/mol. The average molecular weight is 368 g/mol. The van der Waals surface area contributed by atoms with Gasteiger partial charge in [0.1, 0.15) is 10.7 Å². The summed E-state index contributed by atoms with van der Waals surface area (Å²) in [5.41, 5.74) is 2.11. The number of nitrogens with one attached hydrogen (secondary N) is 1. The molecule has 0 saturated carbocycles. The second kappa shape index (κ2) is 6.96. The lowest BCUT2D eigenvalue weighted by molar-refractivity contribution is 0.311. The Morgan fingerprint density at radius 1 is 1.27 bits per heavy atom. The molecule has 134 valence electrons. The molecule has 1 aliphatic rings. The summed E-state index contributed by atoms with van der Waals surface area (Å²) >= 11 is 1.65. The van der Waals surface area contributed by atoms with E-state index in [1.54, 1.807) is 18.4 Å². The van der Waals surface area contributed by atoms with Crippen LogP contribution in [0.3, 0.4) is 0 Å². The van der Waals surface area contributed by atoms with E-state index in [0.717, 1.165) is 35.0 Å². The van der Waals surface area contributed by atoms with Gasteiger partial charge in [0.2, 0.25) is 0 Å². The number of hydrogen-bond acceptors (Lipinski definition) is 5. The van der Waals surface area contributed by atoms with Gasteiger partial charge in [0.05, 0.1) is 19.1 Å². The number of benzene rings is 1. The maximum Gasteiger partial charge on any atom is 0.260 e. The van der Waals surface area contributed by atoms with Crippen LogP contribution in [0.4, 0.5) is 0 Å². The molecule has 0 aliphatic heterocycles. The topological polar surface area (TPSA) is 64.2 Å². The van der Waals surface area contributed by atoms with Crippen LogP contribution >= 0.6 is 11.3 Å². The van der Waals surface area contributed by atoms with Crippen LogP contribution < -0.4 is 15.0 Å². The van der Waals surface area contributed by atoms with Crippen LogP contribution in [0.1, 0.15) is 35.2 Å². The number of rotatable bonds is 5. The van der Waals surface area contributed by atoms with Crippen molar-refractivity contribution in [2.45, 2.75) is 26.2 Å². The SMILES string of the molecule is CCOc1cc(/C=C/c2nc3sc4c(c3c(=O)[nH]2)CCC4)ccc1OC. The highest BCUT2D eigenvalue weighted by Crippen LogP contribution is 2.34. The Hall–Kier alpha value is -2.60. The standard InChI is InChI=1S/C20H20N2O3S/c1-3-25-15-11-12(7-9-14(15)24-2)8-10-17-21-19(23)18-13-5-4-6-16(13)26-20(18)22-17/h7-11H,3-6H2,1-2H3,(H,21,22,23)/b10-8+. The highest BCUT2D eigenvalue weighted by Gasteiger charge is 2.20. The van der Waals surface area contributed by atoms with Gasteiger partial charge in [-0.05, 0) is 55.5 Å². The number of hydrogen-bond donors (Lipinski definition) is 1. The van der Waals surface area contributed by atoms with Crippen molar-refractivity contribution in [2.75, 3.05) is 13.7 Å². The normalized spacial score (nSPS) is 13.5. The fourth-order valence-corrected chi connectivity index (χ4v) is 4.61. The molecule has 0 spiro atoms. The Bertz CT molecular complexity index is 1050. The summed E-state index contributed by atoms with van der Waals surface area (Å²) in [5, 5.41) is 0.780. The zero-order chi connectivity index (χ0) is 18.1. The van der Waals surface area contributed by atoms with E-state index in [1.807, 2.05) is 37.3 Å². The number of fused-ring (bicyclic) bond motifs is 3. The van der Waals surface area contributed by atoms with Gasteiger partial charge in [-0.3, -0.25) is 4.79 Å². The minimum absolute atomic E-state index is 0.0428. The highest BCUT2D eigenvalue weighted by molar-refractivity contribution is 7.18. The molecule has 1 aliphatic carbocycles. The molecule has 1 N–H and O–H groups in total. The van der Waals surface area contributed by atoms with Crippen molar-refractivity contribution in [1.29, 1.82) is 0 Å². The number of nitrogens with zero attached hydrogens (tertiary/aromatic N) is 1. The smallest absolute Gasteiger partial charge is 0.260 e. The van der Waals surface area contributed by atoms with Crippen LogP contribution in [0.2, 0.25) is 0 Å². The summed E-state index contributed by atoms with van der Waals surface area (Å²) in [6.07, 6.45) is 6.92. The Labute approximate surface area is 155 Å². The Morgan fingerprint density at radius 3 is 2.96 bits per heavy atom. The van der Waals surface area contributed by atoms with Crippen molar-refractivity contribution in [3.8, 4) is 11.5 Å². The zero-order valence-corrected chi connectivity index (χ0v) is 15.6. The molecule has 5 nitrogen and oxygen atoms in total. The van der Waals surface area contributed by atoms with E-state index in [0.29, 0.717) is 23.9 Å². The van der Waals surface area contributed by atoms with Gasteiger partial charge < -0.3 is 14.5 Å². The van der Waals surface area contributed by atoms with Gasteiger partial charge >= 0.3 is 0 Å². The fraction of sp³-hybridized carbons (Fsp3) is 0.300. The number of ether oxygens (including phenoxy) is 2. The molecular formula is C20H20N2O3S. The second-order valence-corrected chi connectivity index (χ2v) is 7.25. The number of H-pyrrole nitrogens is 1. The fourth-order valence-electron chi connectivity index (χ4n) is 3.34. The maximum atomic E-state index is 12.5. The van der Waals surface area contributed by atoms with Gasteiger partial charge in [0, 0.05) is 4.88 Å². The van der Waals surface area contributed by atoms with Crippen LogP contribution in [0.15, 0.2) is 23.0 Å². The molecule has 1 aromatic carbocycles. The first-order chi connectivity index (χ1) is 12.7. The number of thiophene rings is 1. The minimum atomic E-state index is -0.0428. The first kappa shape index (κ1) is 16.8. The third-order valence-corrected chi connectivity index (χ3v) is 5.70. The average Bonchev–Trinajstić information content (AvgIpc) is 3.21. The van der Waals surface area contributed by atoms with E-state index < -0.39 is 0 Å². The van der Waals surface area contributed by atoms with E-state index in [4.69, 9.17) is 9.47 Å². The van der Waals surface area contributed by atoms with Crippen LogP contribution in [-0.4, -0.2) is 23.7 Å². The molecule has 0 atom stereocenters. The van der Waals surface area contributed by atoms with Crippen molar-refractivity contribution >= 4 is 33.7 Å². The summed E-state index contributed by atoms with van der Waals surface area (Å²) in [6.45, 7) is 2.50. The lowest BCUT2D eigenvalue weighted by atomic mass is 10.2. The first-order valence-electron chi connectivity index (χ1n) is 8.73. The zero-order valence-electron chi connectivity index (χ0n) is 14.8. The number of methoxy groups -OCH3 is 1. The molecule has 3 aromatic rings. The highest BCUT2D eigenvalue weighted by atomic mass is 32.1. The third kappa shape index (κ3) is 3.01. The van der Waals surface area contributed by atoms with Crippen molar-refractivity contribution in [3.63, 3.8) is 0 Å². The number of aromatic amines is 1. The van der Waals surface area contributed by atoms with Crippen LogP contribution in [0.5, 0.6) is 11.5 Å². The van der Waals surface area contributed by atoms with Gasteiger partial charge in [0.15, 0.2) is 11.5 Å². The number of aromatic nitrogens is 2. The van der Waals surface area contributed by atoms with Crippen molar-refractivity contribution in [3.05, 3.63) is 50.4 Å². The molecule has 4 rings (SSSR count). The molecule has 26 heavy (non-hydrogen) atoms. The third-order valence-electron chi connectivity index (χ3n) is 4.51. The van der Waals surface area contributed by atoms with E-state index in [1.165, 1.54) is 10.4 Å². The van der Waals surface area contributed by atoms with Crippen LogP contribution in [-0.2, 0) is 12.8 Å². The second-order valence-electron chi connectivity index (χ2n) is 6.17. The van der Waals surface area contributed by atoms with Gasteiger partial charge in [-0.15, -0.1) is 11.3 Å². The predicted octanol–water partition coefficient (Wildman–Crippen LogP) is 4.05. The van der Waals surface area contributed by atoms with Crippen molar-refractivity contribution in [1.82, 2.24) is 9.97 Å². The van der Waals surface area contributed by atoms with Gasteiger partial charge in [0.25, 0.3) is 5.56 Å². The summed E-state index contributed by atoms with van der Waals surface area (Å²) in [4.78, 5) is 22.2. The lowest BCUT2D eigenvalue weighted by Gasteiger charge is -2.09. The van der Waals surface area contributed by atoms with Gasteiger partial charge in [-0.1, -0.05) is 12.1 Å². The van der Waals surface area contributed by atoms with Crippen molar-refractivity contribution < 1.29 is 9.47 Å². The maximum absolute atomic E-state index is 12.5. The lowest BCUT2D eigenvalue weighted by Crippen LogP contribution is -2.09. The molecule has 0 radical (unpaired) electrons. The van der Waals surface area contributed by atoms with Crippen LogP contribution in [0.25, 0.3) is 22.4 Å². The molecule has 2 aromatic heterocycles. The van der Waals surface area contributed by atoms with Gasteiger partial charge in [-0.25, -0.2) is 4.98 Å². The molecule has 0 bridgehead atoms. The molecule has 0 fully saturated rings. The first-order valence-corrected chi connectivity index (χ1v) is 9.54. The predicted molar refractivity (Wildman–Crippen MR) is 105 cm³/mol. The summed E-state index contributed by atoms with van der Waals surface area (Å²) < 4.78 is 10.9. The Balaban J connectivity index is 1.67. The van der Waals surface area contributed by atoms with E-state index in [2.05, 4.69) is 9.97 Å².